The third-order valence-electron chi connectivity index (χ3n) is 3.13. The van der Waals surface area contributed by atoms with Gasteiger partial charge in [0.05, 0.1) is 19.0 Å². The van der Waals surface area contributed by atoms with Crippen molar-refractivity contribution >= 4 is 23.2 Å². The Balaban J connectivity index is 1.87. The molecule has 2 rings (SSSR count). The SMILES string of the molecule is COc1ccc(NC(C)C(=O)NCc2ccccc2Cl)cn1. The monoisotopic (exact) mass is 319 g/mol. The molecule has 2 N–H and O–H groups in total. The second-order valence-corrected chi connectivity index (χ2v) is 5.17. The van der Waals surface area contributed by atoms with Gasteiger partial charge >= 0.3 is 0 Å². The molecule has 1 aromatic carbocycles. The maximum Gasteiger partial charge on any atom is 0.242 e. The number of hydrogen-bond acceptors (Lipinski definition) is 4. The summed E-state index contributed by atoms with van der Waals surface area (Å²) in [7, 11) is 1.56. The zero-order chi connectivity index (χ0) is 15.9. The van der Waals surface area contributed by atoms with Gasteiger partial charge in [0.25, 0.3) is 0 Å². The predicted molar refractivity (Wildman–Crippen MR) is 87.2 cm³/mol. The van der Waals surface area contributed by atoms with E-state index < -0.39 is 6.04 Å². The summed E-state index contributed by atoms with van der Waals surface area (Å²) in [5, 5.41) is 6.57. The number of carbonyl (C=O) groups excluding carboxylic acids is 1. The molecule has 0 spiro atoms. The van der Waals surface area contributed by atoms with E-state index in [4.69, 9.17) is 16.3 Å². The summed E-state index contributed by atoms with van der Waals surface area (Å²) in [5.74, 6) is 0.414. The molecule has 1 unspecified atom stereocenters. The minimum atomic E-state index is -0.391. The van der Waals surface area contributed by atoms with E-state index >= 15 is 0 Å². The smallest absolute Gasteiger partial charge is 0.242 e. The number of methoxy groups -OCH3 is 1. The van der Waals surface area contributed by atoms with Crippen LogP contribution in [-0.2, 0) is 11.3 Å². The van der Waals surface area contributed by atoms with Gasteiger partial charge in [-0.15, -0.1) is 0 Å². The van der Waals surface area contributed by atoms with Gasteiger partial charge < -0.3 is 15.4 Å². The third kappa shape index (κ3) is 4.36. The summed E-state index contributed by atoms with van der Waals surface area (Å²) in [6.45, 7) is 2.18. The first-order chi connectivity index (χ1) is 10.6. The molecule has 0 fully saturated rings. The number of amides is 1. The lowest BCUT2D eigenvalue weighted by atomic mass is 10.2. The van der Waals surface area contributed by atoms with Crippen LogP contribution in [-0.4, -0.2) is 24.0 Å². The maximum atomic E-state index is 12.1. The number of ether oxygens (including phenoxy) is 1. The standard InChI is InChI=1S/C16H18ClN3O2/c1-11(20-13-7-8-15(22-2)18-10-13)16(21)19-9-12-5-3-4-6-14(12)17/h3-8,10-11,20H,9H2,1-2H3,(H,19,21). The van der Waals surface area contributed by atoms with E-state index in [0.717, 1.165) is 11.3 Å². The number of aromatic nitrogens is 1. The second-order valence-electron chi connectivity index (χ2n) is 4.76. The number of anilines is 1. The number of carbonyl (C=O) groups is 1. The van der Waals surface area contributed by atoms with E-state index in [-0.39, 0.29) is 5.91 Å². The van der Waals surface area contributed by atoms with Crippen LogP contribution in [0.4, 0.5) is 5.69 Å². The predicted octanol–water partition coefficient (Wildman–Crippen LogP) is 2.86. The molecule has 0 saturated heterocycles. The molecule has 1 heterocycles. The molecule has 1 aromatic heterocycles. The molecule has 1 amide bonds. The van der Waals surface area contributed by atoms with Crippen molar-refractivity contribution in [3.8, 4) is 5.88 Å². The van der Waals surface area contributed by atoms with Crippen LogP contribution in [0.5, 0.6) is 5.88 Å². The molecule has 22 heavy (non-hydrogen) atoms. The maximum absolute atomic E-state index is 12.1. The number of benzene rings is 1. The Kier molecular flexibility index (Phi) is 5.61. The molecule has 1 atom stereocenters. The average Bonchev–Trinajstić information content (AvgIpc) is 2.54. The van der Waals surface area contributed by atoms with Crippen LogP contribution in [0.25, 0.3) is 0 Å². The summed E-state index contributed by atoms with van der Waals surface area (Å²) >= 11 is 6.06. The van der Waals surface area contributed by atoms with Gasteiger partial charge in [-0.3, -0.25) is 4.79 Å². The van der Waals surface area contributed by atoms with Crippen molar-refractivity contribution in [2.45, 2.75) is 19.5 Å². The van der Waals surface area contributed by atoms with Crippen LogP contribution in [0.1, 0.15) is 12.5 Å². The van der Waals surface area contributed by atoms with Crippen LogP contribution in [0.2, 0.25) is 5.02 Å². The summed E-state index contributed by atoms with van der Waals surface area (Å²) in [5.41, 5.74) is 1.64. The fraction of sp³-hybridized carbons (Fsp3) is 0.250. The lowest BCUT2D eigenvalue weighted by Crippen LogP contribution is -2.37. The number of nitrogens with zero attached hydrogens (tertiary/aromatic N) is 1. The number of rotatable bonds is 6. The molecule has 6 heteroatoms. The highest BCUT2D eigenvalue weighted by Crippen LogP contribution is 2.15. The molecular formula is C16H18ClN3O2. The topological polar surface area (TPSA) is 63.2 Å². The van der Waals surface area contributed by atoms with Gasteiger partial charge in [-0.05, 0) is 24.6 Å². The fourth-order valence-electron chi connectivity index (χ4n) is 1.88. The molecule has 5 nitrogen and oxygen atoms in total. The zero-order valence-corrected chi connectivity index (χ0v) is 13.2. The highest BCUT2D eigenvalue weighted by Gasteiger charge is 2.13. The first-order valence-corrected chi connectivity index (χ1v) is 7.25. The molecule has 2 aromatic rings. The number of halogens is 1. The largest absolute Gasteiger partial charge is 0.481 e. The third-order valence-corrected chi connectivity index (χ3v) is 3.50. The van der Waals surface area contributed by atoms with Crippen LogP contribution in [0, 0.1) is 0 Å². The Labute approximate surface area is 134 Å². The quantitative estimate of drug-likeness (QED) is 0.859. The van der Waals surface area contributed by atoms with E-state index in [1.807, 2.05) is 24.3 Å². The van der Waals surface area contributed by atoms with E-state index in [2.05, 4.69) is 15.6 Å². The van der Waals surface area contributed by atoms with Crippen molar-refractivity contribution in [3.63, 3.8) is 0 Å². The summed E-state index contributed by atoms with van der Waals surface area (Å²) < 4.78 is 4.99. The number of pyridine rings is 1. The fourth-order valence-corrected chi connectivity index (χ4v) is 2.08. The van der Waals surface area contributed by atoms with Crippen molar-refractivity contribution in [1.29, 1.82) is 0 Å². The summed E-state index contributed by atoms with van der Waals surface area (Å²) in [6, 6.07) is 10.6. The van der Waals surface area contributed by atoms with Crippen LogP contribution in [0.15, 0.2) is 42.6 Å². The first-order valence-electron chi connectivity index (χ1n) is 6.88. The van der Waals surface area contributed by atoms with Gasteiger partial charge in [-0.1, -0.05) is 29.8 Å². The summed E-state index contributed by atoms with van der Waals surface area (Å²) in [4.78, 5) is 16.2. The molecule has 0 aliphatic rings. The van der Waals surface area contributed by atoms with Gasteiger partial charge in [-0.2, -0.15) is 0 Å². The summed E-state index contributed by atoms with van der Waals surface area (Å²) in [6.07, 6.45) is 1.62. The van der Waals surface area contributed by atoms with E-state index in [1.54, 1.807) is 32.4 Å². The minimum absolute atomic E-state index is 0.115. The lowest BCUT2D eigenvalue weighted by Gasteiger charge is -2.15. The Bertz CT molecular complexity index is 632. The normalized spacial score (nSPS) is 11.6. The van der Waals surface area contributed by atoms with Crippen molar-refractivity contribution in [3.05, 3.63) is 53.2 Å². The van der Waals surface area contributed by atoms with Gasteiger partial charge in [0.2, 0.25) is 11.8 Å². The van der Waals surface area contributed by atoms with Gasteiger partial charge in [-0.25, -0.2) is 4.98 Å². The highest BCUT2D eigenvalue weighted by atomic mass is 35.5. The molecule has 0 radical (unpaired) electrons. The Morgan fingerprint density at radius 2 is 2.09 bits per heavy atom. The molecule has 0 bridgehead atoms. The van der Waals surface area contributed by atoms with Crippen LogP contribution >= 0.6 is 11.6 Å². The molecule has 0 aliphatic carbocycles. The number of hydrogen-bond donors (Lipinski definition) is 2. The van der Waals surface area contributed by atoms with Gasteiger partial charge in [0, 0.05) is 17.6 Å². The minimum Gasteiger partial charge on any atom is -0.481 e. The molecule has 116 valence electrons. The van der Waals surface area contributed by atoms with E-state index in [0.29, 0.717) is 17.4 Å². The average molecular weight is 320 g/mol. The van der Waals surface area contributed by atoms with Gasteiger partial charge in [0.1, 0.15) is 6.04 Å². The van der Waals surface area contributed by atoms with E-state index in [1.165, 1.54) is 0 Å². The van der Waals surface area contributed by atoms with Crippen molar-refractivity contribution in [2.75, 3.05) is 12.4 Å². The first kappa shape index (κ1) is 16.1. The number of nitrogens with one attached hydrogen (secondary N) is 2. The Morgan fingerprint density at radius 3 is 2.73 bits per heavy atom. The van der Waals surface area contributed by atoms with Crippen molar-refractivity contribution < 1.29 is 9.53 Å². The van der Waals surface area contributed by atoms with Gasteiger partial charge in [0.15, 0.2) is 0 Å². The van der Waals surface area contributed by atoms with E-state index in [9.17, 15) is 4.79 Å². The second kappa shape index (κ2) is 7.66. The molecule has 0 saturated carbocycles. The van der Waals surface area contributed by atoms with Crippen LogP contribution < -0.4 is 15.4 Å². The zero-order valence-electron chi connectivity index (χ0n) is 12.5. The van der Waals surface area contributed by atoms with Crippen molar-refractivity contribution in [2.24, 2.45) is 0 Å². The molecule has 0 aliphatic heterocycles. The lowest BCUT2D eigenvalue weighted by molar-refractivity contribution is -0.121. The van der Waals surface area contributed by atoms with Crippen LogP contribution in [0.3, 0.4) is 0 Å². The Morgan fingerprint density at radius 1 is 1.32 bits per heavy atom. The Hall–Kier alpha value is -2.27. The highest BCUT2D eigenvalue weighted by molar-refractivity contribution is 6.31. The van der Waals surface area contributed by atoms with Crippen molar-refractivity contribution in [1.82, 2.24) is 10.3 Å². The molecular weight excluding hydrogens is 302 g/mol.